The van der Waals surface area contributed by atoms with Gasteiger partial charge >= 0.3 is 0 Å². The number of thiazole rings is 1. The first-order chi connectivity index (χ1) is 9.97. The summed E-state index contributed by atoms with van der Waals surface area (Å²) in [5.74, 6) is 0.317. The van der Waals surface area contributed by atoms with Crippen LogP contribution in [0.3, 0.4) is 0 Å². The lowest BCUT2D eigenvalue weighted by Gasteiger charge is -2.10. The van der Waals surface area contributed by atoms with Crippen molar-refractivity contribution in [3.63, 3.8) is 0 Å². The lowest BCUT2D eigenvalue weighted by Crippen LogP contribution is -2.27. The van der Waals surface area contributed by atoms with Gasteiger partial charge in [-0.1, -0.05) is 6.92 Å². The van der Waals surface area contributed by atoms with Crippen LogP contribution in [0.4, 0.5) is 0 Å². The van der Waals surface area contributed by atoms with E-state index >= 15 is 0 Å². The Kier molecular flexibility index (Phi) is 5.12. The molecule has 0 aliphatic heterocycles. The molecule has 0 spiro atoms. The number of aromatic nitrogens is 3. The third-order valence-corrected chi connectivity index (χ3v) is 4.80. The second kappa shape index (κ2) is 6.85. The van der Waals surface area contributed by atoms with E-state index < -0.39 is 0 Å². The van der Waals surface area contributed by atoms with Crippen molar-refractivity contribution in [3.05, 3.63) is 33.0 Å². The lowest BCUT2D eigenvalue weighted by atomic mass is 10.1. The van der Waals surface area contributed by atoms with Gasteiger partial charge in [0.15, 0.2) is 0 Å². The quantitative estimate of drug-likeness (QED) is 0.862. The molecular formula is C15H22N4OS. The molecule has 21 heavy (non-hydrogen) atoms. The van der Waals surface area contributed by atoms with E-state index in [1.807, 2.05) is 26.2 Å². The fourth-order valence-electron chi connectivity index (χ4n) is 2.05. The highest BCUT2D eigenvalue weighted by Crippen LogP contribution is 2.19. The van der Waals surface area contributed by atoms with Crippen LogP contribution < -0.4 is 5.32 Å². The summed E-state index contributed by atoms with van der Waals surface area (Å²) in [6, 6.07) is 0. The molecule has 2 N–H and O–H groups in total. The molecule has 5 nitrogen and oxygen atoms in total. The Bertz CT molecular complexity index is 617. The monoisotopic (exact) mass is 306 g/mol. The van der Waals surface area contributed by atoms with Gasteiger partial charge in [0.2, 0.25) is 5.91 Å². The number of aryl methyl sites for hydroxylation is 3. The van der Waals surface area contributed by atoms with Gasteiger partial charge < -0.3 is 5.32 Å². The Morgan fingerprint density at radius 2 is 2.19 bits per heavy atom. The second-order valence-corrected chi connectivity index (χ2v) is 6.34. The Balaban J connectivity index is 1.76. The predicted molar refractivity (Wildman–Crippen MR) is 84.7 cm³/mol. The highest BCUT2D eigenvalue weighted by atomic mass is 32.1. The van der Waals surface area contributed by atoms with Gasteiger partial charge in [-0.05, 0) is 26.3 Å². The van der Waals surface area contributed by atoms with Crippen molar-refractivity contribution in [1.29, 1.82) is 0 Å². The largest absolute Gasteiger partial charge is 0.355 e. The summed E-state index contributed by atoms with van der Waals surface area (Å²) in [5.41, 5.74) is 4.23. The molecule has 0 bridgehead atoms. The Morgan fingerprint density at radius 1 is 1.43 bits per heavy atom. The lowest BCUT2D eigenvalue weighted by molar-refractivity contribution is -0.121. The maximum absolute atomic E-state index is 11.9. The first-order valence-electron chi connectivity index (χ1n) is 7.16. The third-order valence-electron chi connectivity index (χ3n) is 3.61. The number of nitrogens with zero attached hydrogens (tertiary/aromatic N) is 2. The molecule has 0 unspecified atom stereocenters. The molecule has 0 saturated carbocycles. The minimum absolute atomic E-state index is 0.0650. The summed E-state index contributed by atoms with van der Waals surface area (Å²) < 4.78 is 0. The van der Waals surface area contributed by atoms with E-state index in [1.54, 1.807) is 11.3 Å². The smallest absolute Gasteiger partial charge is 0.220 e. The summed E-state index contributed by atoms with van der Waals surface area (Å²) in [7, 11) is 0. The third kappa shape index (κ3) is 4.14. The molecule has 0 aliphatic carbocycles. The Morgan fingerprint density at radius 3 is 2.76 bits per heavy atom. The van der Waals surface area contributed by atoms with E-state index in [4.69, 9.17) is 0 Å². The number of aromatic amines is 1. The zero-order valence-electron chi connectivity index (χ0n) is 13.0. The zero-order valence-corrected chi connectivity index (χ0v) is 13.8. The van der Waals surface area contributed by atoms with E-state index in [0.29, 0.717) is 19.4 Å². The van der Waals surface area contributed by atoms with E-state index in [0.717, 1.165) is 27.7 Å². The minimum Gasteiger partial charge on any atom is -0.355 e. The number of carbonyl (C=O) groups is 1. The summed E-state index contributed by atoms with van der Waals surface area (Å²) in [6.07, 6.45) is 1.14. The van der Waals surface area contributed by atoms with Crippen LogP contribution in [0.1, 0.15) is 46.9 Å². The van der Waals surface area contributed by atoms with Crippen molar-refractivity contribution in [3.8, 4) is 0 Å². The van der Waals surface area contributed by atoms with Crippen LogP contribution >= 0.6 is 11.3 Å². The van der Waals surface area contributed by atoms with Gasteiger partial charge in [-0.2, -0.15) is 5.10 Å². The van der Waals surface area contributed by atoms with Gasteiger partial charge in [0, 0.05) is 42.1 Å². The number of nitrogens with one attached hydrogen (secondary N) is 2. The van der Waals surface area contributed by atoms with Gasteiger partial charge in [-0.25, -0.2) is 4.98 Å². The molecule has 1 amide bonds. The van der Waals surface area contributed by atoms with E-state index in [1.165, 1.54) is 0 Å². The van der Waals surface area contributed by atoms with E-state index in [9.17, 15) is 4.79 Å². The van der Waals surface area contributed by atoms with Crippen LogP contribution in [0.2, 0.25) is 0 Å². The summed E-state index contributed by atoms with van der Waals surface area (Å²) >= 11 is 1.65. The Labute approximate surface area is 129 Å². The van der Waals surface area contributed by atoms with Gasteiger partial charge in [0.25, 0.3) is 0 Å². The standard InChI is InChI=1S/C15H22N4OS/c1-9(15-17-10(2)8-21-15)7-16-14(20)6-5-13-11(3)12(4)18-19-13/h8-9H,5-7H2,1-4H3,(H,16,20)(H,18,19)/t9-/m0/s1. The van der Waals surface area contributed by atoms with Crippen LogP contribution in [-0.4, -0.2) is 27.6 Å². The Hall–Kier alpha value is -1.69. The van der Waals surface area contributed by atoms with Crippen molar-refractivity contribution in [2.24, 2.45) is 0 Å². The summed E-state index contributed by atoms with van der Waals surface area (Å²) in [6.45, 7) is 8.71. The molecule has 1 atom stereocenters. The summed E-state index contributed by atoms with van der Waals surface area (Å²) in [5, 5.41) is 13.3. The molecular weight excluding hydrogens is 284 g/mol. The molecule has 2 aromatic rings. The number of H-pyrrole nitrogens is 1. The first-order valence-corrected chi connectivity index (χ1v) is 8.04. The molecule has 2 heterocycles. The van der Waals surface area contributed by atoms with Crippen molar-refractivity contribution in [2.75, 3.05) is 6.54 Å². The zero-order chi connectivity index (χ0) is 15.4. The van der Waals surface area contributed by atoms with E-state index in [-0.39, 0.29) is 11.8 Å². The molecule has 0 fully saturated rings. The maximum Gasteiger partial charge on any atom is 0.220 e. The number of hydrogen-bond acceptors (Lipinski definition) is 4. The van der Waals surface area contributed by atoms with Crippen LogP contribution in [-0.2, 0) is 11.2 Å². The normalized spacial score (nSPS) is 12.4. The number of carbonyl (C=O) groups excluding carboxylic acids is 1. The van der Waals surface area contributed by atoms with Crippen LogP contribution in [0.15, 0.2) is 5.38 Å². The summed E-state index contributed by atoms with van der Waals surface area (Å²) in [4.78, 5) is 16.4. The van der Waals surface area contributed by atoms with Crippen LogP contribution in [0.5, 0.6) is 0 Å². The van der Waals surface area contributed by atoms with Crippen LogP contribution in [0.25, 0.3) is 0 Å². The topological polar surface area (TPSA) is 70.7 Å². The van der Waals surface area contributed by atoms with Gasteiger partial charge in [0.1, 0.15) is 0 Å². The van der Waals surface area contributed by atoms with Gasteiger partial charge in [-0.3, -0.25) is 9.89 Å². The highest BCUT2D eigenvalue weighted by molar-refractivity contribution is 7.09. The molecule has 2 aromatic heterocycles. The average molecular weight is 306 g/mol. The van der Waals surface area contributed by atoms with Crippen molar-refractivity contribution in [1.82, 2.24) is 20.5 Å². The first kappa shape index (κ1) is 15.7. The molecule has 2 rings (SSSR count). The number of rotatable bonds is 6. The predicted octanol–water partition coefficient (Wildman–Crippen LogP) is 2.64. The molecule has 0 aliphatic rings. The van der Waals surface area contributed by atoms with Crippen molar-refractivity contribution >= 4 is 17.2 Å². The van der Waals surface area contributed by atoms with Gasteiger partial charge in [-0.15, -0.1) is 11.3 Å². The van der Waals surface area contributed by atoms with Crippen molar-refractivity contribution < 1.29 is 4.79 Å². The van der Waals surface area contributed by atoms with Crippen LogP contribution in [0, 0.1) is 20.8 Å². The van der Waals surface area contributed by atoms with Crippen molar-refractivity contribution in [2.45, 2.75) is 46.5 Å². The SMILES string of the molecule is Cc1csc([C@@H](C)CNC(=O)CCc2n[nH]c(C)c2C)n1. The second-order valence-electron chi connectivity index (χ2n) is 5.45. The molecule has 0 saturated heterocycles. The molecule has 114 valence electrons. The number of hydrogen-bond donors (Lipinski definition) is 2. The number of amides is 1. The average Bonchev–Trinajstić information content (AvgIpc) is 3.02. The maximum atomic E-state index is 11.9. The highest BCUT2D eigenvalue weighted by Gasteiger charge is 2.12. The molecule has 6 heteroatoms. The molecule has 0 aromatic carbocycles. The van der Waals surface area contributed by atoms with Gasteiger partial charge in [0.05, 0.1) is 10.7 Å². The fraction of sp³-hybridized carbons (Fsp3) is 0.533. The molecule has 0 radical (unpaired) electrons. The van der Waals surface area contributed by atoms with E-state index in [2.05, 4.69) is 27.4 Å². The fourth-order valence-corrected chi connectivity index (χ4v) is 2.91. The minimum atomic E-state index is 0.0650.